The van der Waals surface area contributed by atoms with Gasteiger partial charge in [-0.3, -0.25) is 0 Å². The highest BCUT2D eigenvalue weighted by Crippen LogP contribution is 2.26. The Morgan fingerprint density at radius 3 is 2.79 bits per heavy atom. The molecule has 0 fully saturated rings. The van der Waals surface area contributed by atoms with Gasteiger partial charge in [0.25, 0.3) is 0 Å². The van der Waals surface area contributed by atoms with Gasteiger partial charge in [0, 0.05) is 6.20 Å². The summed E-state index contributed by atoms with van der Waals surface area (Å²) >= 11 is 1.37. The van der Waals surface area contributed by atoms with Crippen molar-refractivity contribution in [3.8, 4) is 10.6 Å². The van der Waals surface area contributed by atoms with E-state index in [1.165, 1.54) is 11.3 Å². The number of rotatable bonds is 1. The molecule has 4 nitrogen and oxygen atoms in total. The molecule has 2 aromatic rings. The minimum Gasteiger partial charge on any atom is -0.368 e. The number of hydrogen-bond donors (Lipinski definition) is 1. The highest BCUT2D eigenvalue weighted by Gasteiger charge is 2.10. The molecule has 0 bridgehead atoms. The summed E-state index contributed by atoms with van der Waals surface area (Å²) in [5.41, 5.74) is 5.58. The summed E-state index contributed by atoms with van der Waals surface area (Å²) in [7, 11) is 0. The van der Waals surface area contributed by atoms with E-state index in [9.17, 15) is 4.39 Å². The van der Waals surface area contributed by atoms with Gasteiger partial charge in [0.1, 0.15) is 5.69 Å². The summed E-state index contributed by atoms with van der Waals surface area (Å²) < 4.78 is 13.3. The van der Waals surface area contributed by atoms with Crippen LogP contribution in [0.3, 0.4) is 0 Å². The van der Waals surface area contributed by atoms with Crippen LogP contribution in [0.4, 0.5) is 10.3 Å². The molecule has 0 atom stereocenters. The van der Waals surface area contributed by atoms with Crippen LogP contribution in [0, 0.1) is 12.7 Å². The number of nitrogen functional groups attached to an aromatic ring is 1. The third-order valence-electron chi connectivity index (χ3n) is 1.62. The van der Waals surface area contributed by atoms with E-state index in [0.717, 1.165) is 11.2 Å². The summed E-state index contributed by atoms with van der Waals surface area (Å²) in [5, 5.41) is 0.858. The van der Waals surface area contributed by atoms with Crippen molar-refractivity contribution in [3.05, 3.63) is 23.2 Å². The van der Waals surface area contributed by atoms with Crippen molar-refractivity contribution in [2.45, 2.75) is 6.92 Å². The maximum atomic E-state index is 13.3. The van der Waals surface area contributed by atoms with Crippen molar-refractivity contribution >= 4 is 17.3 Å². The number of anilines is 1. The largest absolute Gasteiger partial charge is 0.368 e. The molecule has 14 heavy (non-hydrogen) atoms. The molecule has 0 saturated carbocycles. The quantitative estimate of drug-likeness (QED) is 0.776. The lowest BCUT2D eigenvalue weighted by Gasteiger charge is -1.98. The molecule has 0 aliphatic carbocycles. The number of aromatic nitrogens is 3. The van der Waals surface area contributed by atoms with Crippen molar-refractivity contribution in [2.24, 2.45) is 0 Å². The highest BCUT2D eigenvalue weighted by molar-refractivity contribution is 7.15. The molecule has 0 aromatic carbocycles. The highest BCUT2D eigenvalue weighted by atomic mass is 32.1. The molecule has 2 rings (SSSR count). The number of nitrogens with zero attached hydrogens (tertiary/aromatic N) is 3. The van der Waals surface area contributed by atoms with Crippen LogP contribution in [-0.2, 0) is 0 Å². The van der Waals surface area contributed by atoms with E-state index in [4.69, 9.17) is 5.73 Å². The molecule has 0 radical (unpaired) electrons. The topological polar surface area (TPSA) is 64.7 Å². The Bertz CT molecular complexity index is 468. The molecule has 0 spiro atoms. The van der Waals surface area contributed by atoms with Crippen molar-refractivity contribution in [3.63, 3.8) is 0 Å². The first kappa shape index (κ1) is 9.01. The minimum atomic E-state index is -0.483. The summed E-state index contributed by atoms with van der Waals surface area (Å²) in [5.74, 6) is -0.421. The van der Waals surface area contributed by atoms with Crippen LogP contribution in [0.2, 0.25) is 0 Å². The van der Waals surface area contributed by atoms with Crippen molar-refractivity contribution in [1.29, 1.82) is 0 Å². The Hall–Kier alpha value is -1.56. The maximum Gasteiger partial charge on any atom is 0.220 e. The van der Waals surface area contributed by atoms with Crippen LogP contribution in [0.5, 0.6) is 0 Å². The second-order valence-electron chi connectivity index (χ2n) is 2.67. The Labute approximate surface area is 83.7 Å². The van der Waals surface area contributed by atoms with Gasteiger partial charge in [0.2, 0.25) is 5.95 Å². The Morgan fingerprint density at radius 2 is 2.14 bits per heavy atom. The first-order valence-corrected chi connectivity index (χ1v) is 4.69. The van der Waals surface area contributed by atoms with E-state index >= 15 is 0 Å². The number of hydrogen-bond acceptors (Lipinski definition) is 5. The van der Waals surface area contributed by atoms with Crippen LogP contribution in [0.1, 0.15) is 5.01 Å². The lowest BCUT2D eigenvalue weighted by molar-refractivity contribution is 0.619. The standard InChI is InChI=1S/C8H7FN4S/c1-4-11-3-6(14-4)7-5(9)2-12-8(10)13-7/h2-3H,1H3,(H2,10,12,13). The predicted octanol–water partition coefficient (Wildman–Crippen LogP) is 1.63. The lowest BCUT2D eigenvalue weighted by Crippen LogP contribution is -1.97. The summed E-state index contributed by atoms with van der Waals surface area (Å²) in [6, 6.07) is 0. The van der Waals surface area contributed by atoms with Crippen molar-refractivity contribution in [1.82, 2.24) is 15.0 Å². The smallest absolute Gasteiger partial charge is 0.220 e. The minimum absolute atomic E-state index is 0.0625. The molecule has 0 amide bonds. The Morgan fingerprint density at radius 1 is 1.36 bits per heavy atom. The van der Waals surface area contributed by atoms with Gasteiger partial charge in [-0.2, -0.15) is 0 Å². The van der Waals surface area contributed by atoms with E-state index in [1.54, 1.807) is 6.20 Å². The summed E-state index contributed by atoms with van der Waals surface area (Å²) in [6.07, 6.45) is 2.64. The first-order chi connectivity index (χ1) is 6.66. The lowest BCUT2D eigenvalue weighted by atomic mass is 10.3. The van der Waals surface area contributed by atoms with Gasteiger partial charge in [0.15, 0.2) is 5.82 Å². The monoisotopic (exact) mass is 210 g/mol. The molecular weight excluding hydrogens is 203 g/mol. The fraction of sp³-hybridized carbons (Fsp3) is 0.125. The van der Waals surface area contributed by atoms with Gasteiger partial charge in [-0.15, -0.1) is 11.3 Å². The zero-order valence-corrected chi connectivity index (χ0v) is 8.18. The normalized spacial score (nSPS) is 10.4. The number of thiazole rings is 1. The molecule has 0 aliphatic rings. The zero-order chi connectivity index (χ0) is 10.1. The average molecular weight is 210 g/mol. The van der Waals surface area contributed by atoms with E-state index in [2.05, 4.69) is 15.0 Å². The first-order valence-electron chi connectivity index (χ1n) is 3.87. The fourth-order valence-corrected chi connectivity index (χ4v) is 1.79. The third-order valence-corrected chi connectivity index (χ3v) is 2.54. The summed E-state index contributed by atoms with van der Waals surface area (Å²) in [6.45, 7) is 1.84. The van der Waals surface area contributed by atoms with Crippen LogP contribution in [0.15, 0.2) is 12.4 Å². The SMILES string of the molecule is Cc1ncc(-c2nc(N)ncc2F)s1. The van der Waals surface area contributed by atoms with Crippen LogP contribution in [-0.4, -0.2) is 15.0 Å². The number of nitrogens with two attached hydrogens (primary N) is 1. The van der Waals surface area contributed by atoms with Gasteiger partial charge in [-0.1, -0.05) is 0 Å². The van der Waals surface area contributed by atoms with Crippen molar-refractivity contribution < 1.29 is 4.39 Å². The van der Waals surface area contributed by atoms with Crippen LogP contribution >= 0.6 is 11.3 Å². The Balaban J connectivity index is 2.55. The van der Waals surface area contributed by atoms with E-state index < -0.39 is 5.82 Å². The second-order valence-corrected chi connectivity index (χ2v) is 3.90. The molecule has 2 heterocycles. The molecule has 2 N–H and O–H groups in total. The average Bonchev–Trinajstić information content (AvgIpc) is 2.56. The van der Waals surface area contributed by atoms with E-state index in [0.29, 0.717) is 4.88 Å². The van der Waals surface area contributed by atoms with E-state index in [-0.39, 0.29) is 11.6 Å². The zero-order valence-electron chi connectivity index (χ0n) is 7.36. The number of aryl methyl sites for hydroxylation is 1. The van der Waals surface area contributed by atoms with E-state index in [1.807, 2.05) is 6.92 Å². The van der Waals surface area contributed by atoms with Gasteiger partial charge >= 0.3 is 0 Å². The molecule has 0 saturated heterocycles. The molecule has 6 heteroatoms. The van der Waals surface area contributed by atoms with Gasteiger partial charge < -0.3 is 5.73 Å². The van der Waals surface area contributed by atoms with Gasteiger partial charge in [-0.25, -0.2) is 19.3 Å². The second kappa shape index (κ2) is 3.30. The van der Waals surface area contributed by atoms with Gasteiger partial charge in [0.05, 0.1) is 16.1 Å². The molecular formula is C8H7FN4S. The number of halogens is 1. The van der Waals surface area contributed by atoms with Crippen LogP contribution in [0.25, 0.3) is 10.6 Å². The third kappa shape index (κ3) is 1.56. The van der Waals surface area contributed by atoms with Crippen LogP contribution < -0.4 is 5.73 Å². The molecule has 2 aromatic heterocycles. The summed E-state index contributed by atoms with van der Waals surface area (Å²) in [4.78, 5) is 12.0. The van der Waals surface area contributed by atoms with Crippen molar-refractivity contribution in [2.75, 3.05) is 5.73 Å². The maximum absolute atomic E-state index is 13.3. The molecule has 0 aliphatic heterocycles. The molecule has 72 valence electrons. The Kier molecular flexibility index (Phi) is 2.12. The fourth-order valence-electron chi connectivity index (χ4n) is 1.02. The molecule has 0 unspecified atom stereocenters. The van der Waals surface area contributed by atoms with Gasteiger partial charge in [-0.05, 0) is 6.92 Å². The predicted molar refractivity (Wildman–Crippen MR) is 52.2 cm³/mol.